The molecular formula is C27H34N4O2. The number of piperidine rings is 1. The summed E-state index contributed by atoms with van der Waals surface area (Å²) in [5.74, 6) is 0.865. The highest BCUT2D eigenvalue weighted by molar-refractivity contribution is 5.94. The van der Waals surface area contributed by atoms with Crippen LogP contribution >= 0.6 is 0 Å². The van der Waals surface area contributed by atoms with Gasteiger partial charge in [0.15, 0.2) is 0 Å². The summed E-state index contributed by atoms with van der Waals surface area (Å²) in [6.45, 7) is 3.89. The third-order valence-corrected chi connectivity index (χ3v) is 6.34. The quantitative estimate of drug-likeness (QED) is 0.501. The van der Waals surface area contributed by atoms with E-state index >= 15 is 0 Å². The molecule has 33 heavy (non-hydrogen) atoms. The van der Waals surface area contributed by atoms with Crippen LogP contribution in [0.5, 0.6) is 5.75 Å². The van der Waals surface area contributed by atoms with Crippen LogP contribution in [0.15, 0.2) is 67.0 Å². The van der Waals surface area contributed by atoms with E-state index in [9.17, 15) is 4.79 Å². The molecule has 0 spiro atoms. The number of ether oxygens (including phenoxy) is 1. The summed E-state index contributed by atoms with van der Waals surface area (Å²) >= 11 is 0. The van der Waals surface area contributed by atoms with Crippen molar-refractivity contribution in [3.8, 4) is 5.75 Å². The summed E-state index contributed by atoms with van der Waals surface area (Å²) in [5.41, 5.74) is 3.21. The van der Waals surface area contributed by atoms with Gasteiger partial charge in [-0.25, -0.2) is 0 Å². The number of likely N-dealkylation sites (tertiary alicyclic amines) is 1. The van der Waals surface area contributed by atoms with Crippen LogP contribution in [-0.4, -0.2) is 64.8 Å². The topological polar surface area (TPSA) is 50.6 Å². The van der Waals surface area contributed by atoms with Gasteiger partial charge in [-0.1, -0.05) is 30.3 Å². The zero-order chi connectivity index (χ0) is 23.0. The van der Waals surface area contributed by atoms with Crippen molar-refractivity contribution in [3.05, 3.63) is 83.7 Å². The second-order valence-corrected chi connectivity index (χ2v) is 8.92. The summed E-state index contributed by atoms with van der Waals surface area (Å²) in [5, 5.41) is 4.18. The Kier molecular flexibility index (Phi) is 7.79. The van der Waals surface area contributed by atoms with Crippen molar-refractivity contribution < 1.29 is 9.53 Å². The zero-order valence-corrected chi connectivity index (χ0v) is 19.7. The maximum atomic E-state index is 12.7. The van der Waals surface area contributed by atoms with Gasteiger partial charge in [-0.15, -0.1) is 0 Å². The fourth-order valence-corrected chi connectivity index (χ4v) is 4.27. The Morgan fingerprint density at radius 1 is 1.03 bits per heavy atom. The highest BCUT2D eigenvalue weighted by atomic mass is 16.5. The Bertz CT molecular complexity index is 1010. The number of amides is 1. The first-order valence-corrected chi connectivity index (χ1v) is 11.8. The van der Waals surface area contributed by atoms with Crippen LogP contribution in [0.1, 0.15) is 34.3 Å². The Morgan fingerprint density at radius 3 is 2.42 bits per heavy atom. The molecule has 6 heteroatoms. The molecule has 1 saturated heterocycles. The van der Waals surface area contributed by atoms with E-state index in [4.69, 9.17) is 4.74 Å². The van der Waals surface area contributed by atoms with Crippen LogP contribution in [0.4, 0.5) is 0 Å². The summed E-state index contributed by atoms with van der Waals surface area (Å²) < 4.78 is 7.99. The van der Waals surface area contributed by atoms with Gasteiger partial charge in [0.2, 0.25) is 0 Å². The molecule has 1 aliphatic rings. The average molecular weight is 447 g/mol. The number of hydrogen-bond acceptors (Lipinski definition) is 4. The third-order valence-electron chi connectivity index (χ3n) is 6.34. The van der Waals surface area contributed by atoms with Gasteiger partial charge in [-0.2, -0.15) is 5.10 Å². The predicted octanol–water partition coefficient (Wildman–Crippen LogP) is 3.82. The minimum Gasteiger partial charge on any atom is -0.490 e. The predicted molar refractivity (Wildman–Crippen MR) is 131 cm³/mol. The molecule has 4 rings (SSSR count). The first-order chi connectivity index (χ1) is 16.1. The normalized spacial score (nSPS) is 14.8. The zero-order valence-electron chi connectivity index (χ0n) is 19.7. The first kappa shape index (κ1) is 23.1. The summed E-state index contributed by atoms with van der Waals surface area (Å²) in [7, 11) is 3.74. The fraction of sp³-hybridized carbons (Fsp3) is 0.407. The standard InChI is InChI=1S/C27H34N4O2/c1-29(16-12-23-20-28-30(2)21-23)27(32)24-8-10-25(11-9-24)33-26-14-18-31(19-15-26)17-13-22-6-4-3-5-7-22/h3-11,20-21,26H,12-19H2,1-2H3. The molecule has 1 aromatic heterocycles. The van der Waals surface area contributed by atoms with E-state index in [0.717, 1.165) is 56.6 Å². The number of likely N-dealkylation sites (N-methyl/N-ethyl adjacent to an activating group) is 1. The maximum absolute atomic E-state index is 12.7. The maximum Gasteiger partial charge on any atom is 0.253 e. The number of rotatable bonds is 9. The number of aromatic nitrogens is 2. The molecule has 2 heterocycles. The molecule has 3 aromatic rings. The van der Waals surface area contributed by atoms with Crippen LogP contribution in [0.25, 0.3) is 0 Å². The molecule has 1 amide bonds. The molecule has 0 unspecified atom stereocenters. The van der Waals surface area contributed by atoms with Crippen molar-refractivity contribution in [1.82, 2.24) is 19.6 Å². The van der Waals surface area contributed by atoms with Crippen molar-refractivity contribution >= 4 is 5.91 Å². The van der Waals surface area contributed by atoms with Crippen molar-refractivity contribution in [3.63, 3.8) is 0 Å². The van der Waals surface area contributed by atoms with E-state index in [2.05, 4.69) is 40.3 Å². The molecule has 0 radical (unpaired) electrons. The van der Waals surface area contributed by atoms with E-state index in [1.807, 2.05) is 50.8 Å². The van der Waals surface area contributed by atoms with Gasteiger partial charge in [0.05, 0.1) is 6.20 Å². The first-order valence-electron chi connectivity index (χ1n) is 11.8. The number of carbonyl (C=O) groups excluding carboxylic acids is 1. The monoisotopic (exact) mass is 446 g/mol. The smallest absolute Gasteiger partial charge is 0.253 e. The number of benzene rings is 2. The number of hydrogen-bond donors (Lipinski definition) is 0. The van der Waals surface area contributed by atoms with Crippen LogP contribution in [-0.2, 0) is 19.9 Å². The molecule has 0 atom stereocenters. The van der Waals surface area contributed by atoms with Gasteiger partial charge in [0.1, 0.15) is 11.9 Å². The molecule has 0 N–H and O–H groups in total. The summed E-state index contributed by atoms with van der Waals surface area (Å²) in [6.07, 6.45) is 8.02. The van der Waals surface area contributed by atoms with Crippen molar-refractivity contribution in [2.75, 3.05) is 33.2 Å². The Balaban J connectivity index is 1.19. The lowest BCUT2D eigenvalue weighted by atomic mass is 10.1. The molecule has 0 saturated carbocycles. The number of carbonyl (C=O) groups is 1. The lowest BCUT2D eigenvalue weighted by Gasteiger charge is -2.32. The minimum absolute atomic E-state index is 0.0252. The van der Waals surface area contributed by atoms with Gasteiger partial charge in [-0.05, 0) is 61.1 Å². The molecular weight excluding hydrogens is 412 g/mol. The molecule has 0 aliphatic carbocycles. The largest absolute Gasteiger partial charge is 0.490 e. The van der Waals surface area contributed by atoms with E-state index in [-0.39, 0.29) is 12.0 Å². The molecule has 1 aliphatic heterocycles. The van der Waals surface area contributed by atoms with Gasteiger partial charge >= 0.3 is 0 Å². The fourth-order valence-electron chi connectivity index (χ4n) is 4.27. The Morgan fingerprint density at radius 2 is 1.76 bits per heavy atom. The summed E-state index contributed by atoms with van der Waals surface area (Å²) in [4.78, 5) is 17.0. The van der Waals surface area contributed by atoms with E-state index in [1.54, 1.807) is 9.58 Å². The Labute approximate surface area is 196 Å². The molecule has 0 bridgehead atoms. The minimum atomic E-state index is 0.0252. The lowest BCUT2D eigenvalue weighted by Crippen LogP contribution is -2.39. The van der Waals surface area contributed by atoms with Crippen LogP contribution < -0.4 is 4.74 Å². The second kappa shape index (κ2) is 11.1. The van der Waals surface area contributed by atoms with Crippen molar-refractivity contribution in [1.29, 1.82) is 0 Å². The van der Waals surface area contributed by atoms with Gasteiger partial charge in [0, 0.05) is 52.0 Å². The molecule has 174 valence electrons. The van der Waals surface area contributed by atoms with E-state index in [0.29, 0.717) is 12.1 Å². The van der Waals surface area contributed by atoms with E-state index < -0.39 is 0 Å². The lowest BCUT2D eigenvalue weighted by molar-refractivity contribution is 0.0796. The second-order valence-electron chi connectivity index (χ2n) is 8.92. The van der Waals surface area contributed by atoms with Crippen LogP contribution in [0, 0.1) is 0 Å². The number of aryl methyl sites for hydroxylation is 1. The van der Waals surface area contributed by atoms with Crippen LogP contribution in [0.2, 0.25) is 0 Å². The molecule has 2 aromatic carbocycles. The van der Waals surface area contributed by atoms with Gasteiger partial charge < -0.3 is 14.5 Å². The summed E-state index contributed by atoms with van der Waals surface area (Å²) in [6, 6.07) is 18.3. The third kappa shape index (κ3) is 6.68. The molecule has 1 fully saturated rings. The highest BCUT2D eigenvalue weighted by Crippen LogP contribution is 2.20. The Hall–Kier alpha value is -3.12. The highest BCUT2D eigenvalue weighted by Gasteiger charge is 2.20. The number of nitrogens with zero attached hydrogens (tertiary/aromatic N) is 4. The SMILES string of the molecule is CN(CCc1cnn(C)c1)C(=O)c1ccc(OC2CCN(CCc3ccccc3)CC2)cc1. The van der Waals surface area contributed by atoms with Crippen molar-refractivity contribution in [2.24, 2.45) is 7.05 Å². The van der Waals surface area contributed by atoms with Crippen molar-refractivity contribution in [2.45, 2.75) is 31.8 Å². The van der Waals surface area contributed by atoms with Gasteiger partial charge in [-0.3, -0.25) is 9.48 Å². The average Bonchev–Trinajstić information content (AvgIpc) is 3.28. The van der Waals surface area contributed by atoms with E-state index in [1.165, 1.54) is 5.56 Å². The van der Waals surface area contributed by atoms with Crippen LogP contribution in [0.3, 0.4) is 0 Å². The molecule has 6 nitrogen and oxygen atoms in total. The van der Waals surface area contributed by atoms with Gasteiger partial charge in [0.25, 0.3) is 5.91 Å².